The first-order chi connectivity index (χ1) is 9.97. The lowest BCUT2D eigenvalue weighted by Crippen LogP contribution is -2.06. The molecule has 0 aliphatic carbocycles. The van der Waals surface area contributed by atoms with Gasteiger partial charge in [0.1, 0.15) is 5.03 Å². The fourth-order valence-electron chi connectivity index (χ4n) is 1.76. The number of hydrogen-bond acceptors (Lipinski definition) is 0. The molecule has 0 aliphatic heterocycles. The van der Waals surface area contributed by atoms with E-state index in [-0.39, 0.29) is 0 Å². The highest BCUT2D eigenvalue weighted by molar-refractivity contribution is 6.32. The van der Waals surface area contributed by atoms with Crippen LogP contribution < -0.4 is 0 Å². The highest BCUT2D eigenvalue weighted by Crippen LogP contribution is 2.31. The van der Waals surface area contributed by atoms with Gasteiger partial charge in [0.05, 0.1) is 0 Å². The van der Waals surface area contributed by atoms with E-state index >= 15 is 0 Å². The third-order valence-corrected chi connectivity index (χ3v) is 3.13. The largest absolute Gasteiger partial charge is 0.426 e. The van der Waals surface area contributed by atoms with Gasteiger partial charge in [-0.3, -0.25) is 0 Å². The van der Waals surface area contributed by atoms with Crippen LogP contribution >= 0.6 is 11.6 Å². The lowest BCUT2D eigenvalue weighted by molar-refractivity contribution is -0.0836. The van der Waals surface area contributed by atoms with Crippen molar-refractivity contribution in [3.8, 4) is 0 Å². The Labute approximate surface area is 126 Å². The first-order valence-corrected chi connectivity index (χ1v) is 6.61. The summed E-state index contributed by atoms with van der Waals surface area (Å²) in [5.74, 6) is 0. The van der Waals surface area contributed by atoms with Gasteiger partial charge in [-0.05, 0) is 22.8 Å². The number of halogens is 4. The lowest BCUT2D eigenvalue weighted by Gasteiger charge is -2.06. The minimum Gasteiger partial charge on any atom is -0.165 e. The van der Waals surface area contributed by atoms with Crippen molar-refractivity contribution in [3.05, 3.63) is 76.3 Å². The maximum absolute atomic E-state index is 12.5. The predicted molar refractivity (Wildman–Crippen MR) is 81.7 cm³/mol. The first kappa shape index (κ1) is 15.4. The minimum absolute atomic E-state index is 0.423. The minimum atomic E-state index is -4.53. The second-order valence-electron chi connectivity index (χ2n) is 4.36. The van der Waals surface area contributed by atoms with Crippen LogP contribution in [0.5, 0.6) is 0 Å². The molecule has 0 amide bonds. The van der Waals surface area contributed by atoms with E-state index in [9.17, 15) is 13.2 Å². The number of benzene rings is 2. The quantitative estimate of drug-likeness (QED) is 0.610. The van der Waals surface area contributed by atoms with Crippen LogP contribution in [0.3, 0.4) is 0 Å². The van der Waals surface area contributed by atoms with E-state index < -0.39 is 11.2 Å². The molecule has 0 atom stereocenters. The Kier molecular flexibility index (Phi) is 4.86. The molecule has 21 heavy (non-hydrogen) atoms. The Balaban J connectivity index is 2.32. The number of hydrogen-bond donors (Lipinski definition) is 0. The second kappa shape index (κ2) is 6.64. The topological polar surface area (TPSA) is 0 Å². The summed E-state index contributed by atoms with van der Waals surface area (Å²) in [7, 11) is 0. The van der Waals surface area contributed by atoms with Crippen molar-refractivity contribution in [1.29, 1.82) is 0 Å². The smallest absolute Gasteiger partial charge is 0.165 e. The second-order valence-corrected chi connectivity index (χ2v) is 4.77. The molecule has 0 aliphatic rings. The maximum Gasteiger partial charge on any atom is 0.426 e. The van der Waals surface area contributed by atoms with Crippen LogP contribution in [0.4, 0.5) is 13.2 Å². The Bertz CT molecular complexity index is 655. The fraction of sp³-hybridized carbons (Fsp3) is 0.0588. The molecule has 4 heteroatoms. The normalized spacial score (nSPS) is 12.9. The highest BCUT2D eigenvalue weighted by atomic mass is 35.5. The molecule has 2 aromatic rings. The summed E-state index contributed by atoms with van der Waals surface area (Å²) in [4.78, 5) is 0. The molecule has 0 nitrogen and oxygen atoms in total. The Morgan fingerprint density at radius 2 is 1.38 bits per heavy atom. The van der Waals surface area contributed by atoms with E-state index in [0.717, 1.165) is 11.6 Å². The number of rotatable bonds is 3. The average molecular weight is 309 g/mol. The Morgan fingerprint density at radius 1 is 0.810 bits per heavy atom. The monoisotopic (exact) mass is 308 g/mol. The van der Waals surface area contributed by atoms with Crippen molar-refractivity contribution in [2.75, 3.05) is 0 Å². The van der Waals surface area contributed by atoms with Gasteiger partial charge >= 0.3 is 6.18 Å². The predicted octanol–water partition coefficient (Wildman–Crippen LogP) is 6.00. The van der Waals surface area contributed by atoms with Crippen LogP contribution in [0.1, 0.15) is 16.7 Å². The van der Waals surface area contributed by atoms with Gasteiger partial charge in [-0.25, -0.2) is 0 Å². The molecule has 0 bridgehead atoms. The summed E-state index contributed by atoms with van der Waals surface area (Å²) in [6.45, 7) is 0. The molecule has 0 N–H and O–H groups in total. The summed E-state index contributed by atoms with van der Waals surface area (Å²) >= 11 is 5.29. The molecule has 0 fully saturated rings. The van der Waals surface area contributed by atoms with Gasteiger partial charge in [-0.15, -0.1) is 0 Å². The molecule has 0 heterocycles. The van der Waals surface area contributed by atoms with Gasteiger partial charge < -0.3 is 0 Å². The molecule has 0 unspecified atom stereocenters. The van der Waals surface area contributed by atoms with Gasteiger partial charge in [-0.1, -0.05) is 78.4 Å². The van der Waals surface area contributed by atoms with Crippen molar-refractivity contribution in [1.82, 2.24) is 0 Å². The molecular weight excluding hydrogens is 297 g/mol. The van der Waals surface area contributed by atoms with Crippen molar-refractivity contribution in [3.63, 3.8) is 0 Å². The van der Waals surface area contributed by atoms with Crippen molar-refractivity contribution in [2.24, 2.45) is 0 Å². The molecule has 0 saturated carbocycles. The van der Waals surface area contributed by atoms with Crippen LogP contribution in [-0.2, 0) is 0 Å². The SMILES string of the molecule is FC(F)(F)/C(Cl)=C\c1ccccc1C=Cc1ccccc1. The van der Waals surface area contributed by atoms with Gasteiger partial charge in [-0.2, -0.15) is 13.2 Å². The van der Waals surface area contributed by atoms with Gasteiger partial charge in [0, 0.05) is 0 Å². The highest BCUT2D eigenvalue weighted by Gasteiger charge is 2.32. The third kappa shape index (κ3) is 4.50. The van der Waals surface area contributed by atoms with E-state index in [4.69, 9.17) is 11.6 Å². The standard InChI is InChI=1S/C17H12ClF3/c18-16(17(19,20)21)12-15-9-5-4-8-14(15)11-10-13-6-2-1-3-7-13/h1-12H/b11-10?,16-12+. The summed E-state index contributed by atoms with van der Waals surface area (Å²) in [5, 5.41) is -1.14. The van der Waals surface area contributed by atoms with E-state index in [1.807, 2.05) is 36.4 Å². The Hall–Kier alpha value is -2.00. The maximum atomic E-state index is 12.5. The van der Waals surface area contributed by atoms with E-state index in [1.54, 1.807) is 30.3 Å². The Morgan fingerprint density at radius 3 is 2.00 bits per heavy atom. The van der Waals surface area contributed by atoms with Crippen LogP contribution in [0.2, 0.25) is 0 Å². The zero-order valence-corrected chi connectivity index (χ0v) is 11.7. The number of alkyl halides is 3. The van der Waals surface area contributed by atoms with Crippen molar-refractivity contribution in [2.45, 2.75) is 6.18 Å². The molecule has 0 spiro atoms. The third-order valence-electron chi connectivity index (χ3n) is 2.80. The summed E-state index contributed by atoms with van der Waals surface area (Å²) < 4.78 is 37.5. The summed E-state index contributed by atoms with van der Waals surface area (Å²) in [6.07, 6.45) is 0.0138. The zero-order valence-electron chi connectivity index (χ0n) is 10.9. The van der Waals surface area contributed by atoms with Crippen LogP contribution in [0, 0.1) is 0 Å². The number of allylic oxidation sites excluding steroid dienone is 1. The van der Waals surface area contributed by atoms with Gasteiger partial charge in [0.15, 0.2) is 0 Å². The van der Waals surface area contributed by atoms with Crippen molar-refractivity contribution < 1.29 is 13.2 Å². The average Bonchev–Trinajstić information content (AvgIpc) is 2.46. The molecule has 2 rings (SSSR count). The first-order valence-electron chi connectivity index (χ1n) is 6.23. The van der Waals surface area contributed by atoms with Crippen LogP contribution in [0.15, 0.2) is 59.6 Å². The van der Waals surface area contributed by atoms with E-state index in [0.29, 0.717) is 11.1 Å². The molecule has 0 radical (unpaired) electrons. The lowest BCUT2D eigenvalue weighted by atomic mass is 10.1. The van der Waals surface area contributed by atoms with E-state index in [2.05, 4.69) is 0 Å². The molecular formula is C17H12ClF3. The van der Waals surface area contributed by atoms with Gasteiger partial charge in [0.25, 0.3) is 0 Å². The molecule has 0 aromatic heterocycles. The van der Waals surface area contributed by atoms with Crippen LogP contribution in [0.25, 0.3) is 18.2 Å². The molecule has 108 valence electrons. The van der Waals surface area contributed by atoms with Crippen LogP contribution in [-0.4, -0.2) is 6.18 Å². The molecule has 2 aromatic carbocycles. The fourth-order valence-corrected chi connectivity index (χ4v) is 1.88. The van der Waals surface area contributed by atoms with Crippen molar-refractivity contribution >= 4 is 29.8 Å². The summed E-state index contributed by atoms with van der Waals surface area (Å²) in [6, 6.07) is 16.3. The van der Waals surface area contributed by atoms with Gasteiger partial charge in [0.2, 0.25) is 0 Å². The molecule has 0 saturated heterocycles. The summed E-state index contributed by atoms with van der Waals surface area (Å²) in [5.41, 5.74) is 2.06. The van der Waals surface area contributed by atoms with E-state index in [1.165, 1.54) is 0 Å². The zero-order chi connectivity index (χ0) is 15.3.